The highest BCUT2D eigenvalue weighted by Crippen LogP contribution is 2.36. The van der Waals surface area contributed by atoms with Crippen LogP contribution in [0.5, 0.6) is 11.5 Å². The number of non-ortho nitro benzene ring substituents is 1. The summed E-state index contributed by atoms with van der Waals surface area (Å²) in [6, 6.07) is 7.66. The summed E-state index contributed by atoms with van der Waals surface area (Å²) in [6.07, 6.45) is 0. The highest BCUT2D eigenvalue weighted by atomic mass is 35.5. The van der Waals surface area contributed by atoms with Crippen LogP contribution in [-0.4, -0.2) is 4.92 Å². The fraction of sp³-hybridized carbons (Fsp3) is 0.143. The molecule has 0 unspecified atom stereocenters. The fourth-order valence-electron chi connectivity index (χ4n) is 1.79. The lowest BCUT2D eigenvalue weighted by atomic mass is 10.1. The van der Waals surface area contributed by atoms with Gasteiger partial charge in [-0.3, -0.25) is 10.1 Å². The Hall–Kier alpha value is -2.18. The molecule has 2 aromatic carbocycles. The SMILES string of the molecule is C[C@H](N)c1cccc(F)c1Oc1ccc([N+](=O)[O-])cc1Cl. The molecule has 0 saturated heterocycles. The zero-order valence-corrected chi connectivity index (χ0v) is 11.8. The Kier molecular flexibility index (Phi) is 4.40. The van der Waals surface area contributed by atoms with Gasteiger partial charge in [-0.25, -0.2) is 4.39 Å². The number of nitrogens with zero attached hydrogens (tertiary/aromatic N) is 1. The average Bonchev–Trinajstić information content (AvgIpc) is 2.42. The van der Waals surface area contributed by atoms with Gasteiger partial charge in [-0.1, -0.05) is 23.7 Å². The third-order valence-corrected chi connectivity index (χ3v) is 3.12. The lowest BCUT2D eigenvalue weighted by molar-refractivity contribution is -0.384. The van der Waals surface area contributed by atoms with Gasteiger partial charge in [0.25, 0.3) is 5.69 Å². The highest BCUT2D eigenvalue weighted by molar-refractivity contribution is 6.32. The van der Waals surface area contributed by atoms with Crippen molar-refractivity contribution < 1.29 is 14.1 Å². The molecule has 2 rings (SSSR count). The summed E-state index contributed by atoms with van der Waals surface area (Å²) in [6.45, 7) is 1.69. The molecule has 0 radical (unpaired) electrons. The van der Waals surface area contributed by atoms with Crippen LogP contribution in [0.4, 0.5) is 10.1 Å². The second-order valence-electron chi connectivity index (χ2n) is 4.42. The van der Waals surface area contributed by atoms with Crippen LogP contribution in [0.2, 0.25) is 5.02 Å². The maximum Gasteiger partial charge on any atom is 0.271 e. The lowest BCUT2D eigenvalue weighted by Gasteiger charge is -2.15. The first-order chi connectivity index (χ1) is 9.90. The van der Waals surface area contributed by atoms with Crippen molar-refractivity contribution in [2.24, 2.45) is 5.73 Å². The van der Waals surface area contributed by atoms with E-state index in [0.717, 1.165) is 6.07 Å². The van der Waals surface area contributed by atoms with Gasteiger partial charge in [-0.15, -0.1) is 0 Å². The largest absolute Gasteiger partial charge is 0.452 e. The van der Waals surface area contributed by atoms with Crippen molar-refractivity contribution in [3.05, 3.63) is 62.9 Å². The highest BCUT2D eigenvalue weighted by Gasteiger charge is 2.17. The number of nitro groups is 1. The fourth-order valence-corrected chi connectivity index (χ4v) is 2.00. The second kappa shape index (κ2) is 6.07. The average molecular weight is 311 g/mol. The first-order valence-corrected chi connectivity index (χ1v) is 6.43. The Labute approximate surface area is 125 Å². The summed E-state index contributed by atoms with van der Waals surface area (Å²) in [7, 11) is 0. The maximum absolute atomic E-state index is 13.9. The van der Waals surface area contributed by atoms with Gasteiger partial charge in [0.05, 0.1) is 9.95 Å². The molecule has 0 aliphatic rings. The minimum absolute atomic E-state index is 0.0167. The van der Waals surface area contributed by atoms with Crippen molar-refractivity contribution in [3.63, 3.8) is 0 Å². The first kappa shape index (κ1) is 15.2. The third kappa shape index (κ3) is 3.29. The zero-order chi connectivity index (χ0) is 15.6. The van der Waals surface area contributed by atoms with E-state index in [1.54, 1.807) is 13.0 Å². The normalized spacial score (nSPS) is 12.0. The van der Waals surface area contributed by atoms with Gasteiger partial charge in [0, 0.05) is 23.7 Å². The smallest absolute Gasteiger partial charge is 0.271 e. The summed E-state index contributed by atoms with van der Waals surface area (Å²) >= 11 is 5.92. The van der Waals surface area contributed by atoms with Gasteiger partial charge in [-0.05, 0) is 19.1 Å². The first-order valence-electron chi connectivity index (χ1n) is 6.06. The van der Waals surface area contributed by atoms with Crippen LogP contribution in [0, 0.1) is 15.9 Å². The van der Waals surface area contributed by atoms with Gasteiger partial charge in [-0.2, -0.15) is 0 Å². The van der Waals surface area contributed by atoms with Crippen LogP contribution in [0.1, 0.15) is 18.5 Å². The zero-order valence-electron chi connectivity index (χ0n) is 11.0. The number of benzene rings is 2. The molecule has 2 aromatic rings. The maximum atomic E-state index is 13.9. The van der Waals surface area contributed by atoms with Crippen molar-refractivity contribution in [1.29, 1.82) is 0 Å². The van der Waals surface area contributed by atoms with Crippen LogP contribution in [0.15, 0.2) is 36.4 Å². The Morgan fingerprint density at radius 3 is 2.67 bits per heavy atom. The lowest BCUT2D eigenvalue weighted by Crippen LogP contribution is -2.07. The van der Waals surface area contributed by atoms with E-state index in [1.807, 2.05) is 0 Å². The molecule has 0 saturated carbocycles. The predicted octanol–water partition coefficient (Wildman–Crippen LogP) is 4.20. The van der Waals surface area contributed by atoms with Crippen LogP contribution in [-0.2, 0) is 0 Å². The summed E-state index contributed by atoms with van der Waals surface area (Å²) < 4.78 is 19.4. The van der Waals surface area contributed by atoms with Gasteiger partial charge < -0.3 is 10.5 Å². The molecule has 0 heterocycles. The number of para-hydroxylation sites is 1. The van der Waals surface area contributed by atoms with Crippen LogP contribution < -0.4 is 10.5 Å². The number of rotatable bonds is 4. The summed E-state index contributed by atoms with van der Waals surface area (Å²) in [5.41, 5.74) is 6.07. The molecule has 0 amide bonds. The molecular formula is C14H12ClFN2O3. The summed E-state index contributed by atoms with van der Waals surface area (Å²) in [5.74, 6) is -0.503. The van der Waals surface area contributed by atoms with E-state index >= 15 is 0 Å². The molecule has 2 N–H and O–H groups in total. The number of halogens is 2. The number of hydrogen-bond donors (Lipinski definition) is 1. The van der Waals surface area contributed by atoms with E-state index < -0.39 is 16.8 Å². The molecule has 0 bridgehead atoms. The Morgan fingerprint density at radius 1 is 1.38 bits per heavy atom. The van der Waals surface area contributed by atoms with Crippen molar-refractivity contribution in [2.45, 2.75) is 13.0 Å². The molecule has 1 atom stereocenters. The van der Waals surface area contributed by atoms with E-state index in [9.17, 15) is 14.5 Å². The molecule has 0 fully saturated rings. The Balaban J connectivity index is 2.41. The molecule has 5 nitrogen and oxygen atoms in total. The molecule has 0 aliphatic carbocycles. The summed E-state index contributed by atoms with van der Waals surface area (Å²) in [5, 5.41) is 10.7. The standard InChI is InChI=1S/C14H12ClFN2O3/c1-8(17)10-3-2-4-12(16)14(10)21-13-6-5-9(18(19)20)7-11(13)15/h2-8H,17H2,1H3/t8-/m0/s1. The third-order valence-electron chi connectivity index (χ3n) is 2.83. The number of nitrogens with two attached hydrogens (primary N) is 1. The molecule has 7 heteroatoms. The number of ether oxygens (including phenoxy) is 1. The van der Waals surface area contributed by atoms with E-state index in [0.29, 0.717) is 5.56 Å². The topological polar surface area (TPSA) is 78.4 Å². The van der Waals surface area contributed by atoms with Crippen molar-refractivity contribution in [2.75, 3.05) is 0 Å². The quantitative estimate of drug-likeness (QED) is 0.678. The molecule has 0 aromatic heterocycles. The predicted molar refractivity (Wildman–Crippen MR) is 77.2 cm³/mol. The van der Waals surface area contributed by atoms with E-state index in [-0.39, 0.29) is 22.2 Å². The molecule has 0 spiro atoms. The van der Waals surface area contributed by atoms with E-state index in [1.165, 1.54) is 24.3 Å². The number of hydrogen-bond acceptors (Lipinski definition) is 4. The number of nitro benzene ring substituents is 1. The Bertz CT molecular complexity index is 692. The molecule has 21 heavy (non-hydrogen) atoms. The van der Waals surface area contributed by atoms with Gasteiger partial charge in [0.15, 0.2) is 11.6 Å². The van der Waals surface area contributed by atoms with Crippen LogP contribution >= 0.6 is 11.6 Å². The Morgan fingerprint density at radius 2 is 2.10 bits per heavy atom. The summed E-state index contributed by atoms with van der Waals surface area (Å²) in [4.78, 5) is 10.1. The van der Waals surface area contributed by atoms with Gasteiger partial charge in [0.2, 0.25) is 0 Å². The second-order valence-corrected chi connectivity index (χ2v) is 4.83. The van der Waals surface area contributed by atoms with Crippen LogP contribution in [0.25, 0.3) is 0 Å². The van der Waals surface area contributed by atoms with Gasteiger partial charge >= 0.3 is 0 Å². The van der Waals surface area contributed by atoms with E-state index in [4.69, 9.17) is 22.1 Å². The molecule has 0 aliphatic heterocycles. The van der Waals surface area contributed by atoms with Crippen molar-refractivity contribution in [3.8, 4) is 11.5 Å². The van der Waals surface area contributed by atoms with Crippen molar-refractivity contribution in [1.82, 2.24) is 0 Å². The van der Waals surface area contributed by atoms with Crippen molar-refractivity contribution >= 4 is 17.3 Å². The van der Waals surface area contributed by atoms with E-state index in [2.05, 4.69) is 0 Å². The minimum Gasteiger partial charge on any atom is -0.452 e. The monoisotopic (exact) mass is 310 g/mol. The van der Waals surface area contributed by atoms with Crippen LogP contribution in [0.3, 0.4) is 0 Å². The minimum atomic E-state index is -0.584. The molecule has 110 valence electrons. The molecular weight excluding hydrogens is 299 g/mol. The van der Waals surface area contributed by atoms with Gasteiger partial charge in [0.1, 0.15) is 5.75 Å².